The molecule has 0 aliphatic carbocycles. The number of carboxylic acid groups (broad SMARTS) is 1. The fraction of sp³-hybridized carbons (Fsp3) is 0.154. The number of aryl methyl sites for hydroxylation is 1. The Morgan fingerprint density at radius 3 is 2.95 bits per heavy atom. The quantitative estimate of drug-likeness (QED) is 0.737. The predicted molar refractivity (Wildman–Crippen MR) is 81.6 cm³/mol. The van der Waals surface area contributed by atoms with Gasteiger partial charge in [0, 0.05) is 17.4 Å². The monoisotopic (exact) mass is 368 g/mol. The molecule has 0 aromatic carbocycles. The van der Waals surface area contributed by atoms with Gasteiger partial charge in [0.2, 0.25) is 0 Å². The number of nitrogens with zero attached hydrogens (tertiary/aromatic N) is 1. The van der Waals surface area contributed by atoms with Crippen LogP contribution in [-0.2, 0) is 11.2 Å². The van der Waals surface area contributed by atoms with Crippen LogP contribution in [0.4, 0.5) is 0 Å². The topological polar surface area (TPSA) is 96.2 Å². The second kappa shape index (κ2) is 5.45. The van der Waals surface area contributed by atoms with Crippen molar-refractivity contribution < 1.29 is 14.3 Å². The number of halogens is 1. The molecule has 0 aliphatic heterocycles. The molecule has 3 aromatic rings. The molecule has 3 rings (SSSR count). The Balaban J connectivity index is 2.07. The van der Waals surface area contributed by atoms with E-state index in [4.69, 9.17) is 9.52 Å². The summed E-state index contributed by atoms with van der Waals surface area (Å²) in [6, 6.07) is 3.52. The van der Waals surface area contributed by atoms with E-state index >= 15 is 0 Å². The molecule has 0 fully saturated rings. The Bertz CT molecular complexity index is 880. The molecule has 108 valence electrons. The van der Waals surface area contributed by atoms with E-state index in [9.17, 15) is 9.59 Å². The highest BCUT2D eigenvalue weighted by Gasteiger charge is 2.15. The van der Waals surface area contributed by atoms with Crippen LogP contribution in [-0.4, -0.2) is 21.0 Å². The van der Waals surface area contributed by atoms with E-state index in [1.165, 1.54) is 11.3 Å². The number of H-pyrrole nitrogens is 1. The lowest BCUT2D eigenvalue weighted by Crippen LogP contribution is -2.12. The normalized spacial score (nSPS) is 11.1. The second-order valence-corrected chi connectivity index (χ2v) is 5.98. The van der Waals surface area contributed by atoms with Crippen LogP contribution in [0.3, 0.4) is 0 Å². The van der Waals surface area contributed by atoms with Crippen LogP contribution in [0.15, 0.2) is 31.4 Å². The van der Waals surface area contributed by atoms with E-state index in [1.54, 1.807) is 17.5 Å². The summed E-state index contributed by atoms with van der Waals surface area (Å²) < 4.78 is 6.05. The third-order valence-corrected chi connectivity index (χ3v) is 4.21. The summed E-state index contributed by atoms with van der Waals surface area (Å²) in [5.41, 5.74) is 0.392. The van der Waals surface area contributed by atoms with Crippen molar-refractivity contribution in [2.24, 2.45) is 0 Å². The Labute approximate surface area is 130 Å². The fourth-order valence-electron chi connectivity index (χ4n) is 1.98. The van der Waals surface area contributed by atoms with Crippen molar-refractivity contribution >= 4 is 43.5 Å². The molecule has 0 atom stereocenters. The van der Waals surface area contributed by atoms with Gasteiger partial charge in [-0.05, 0) is 28.1 Å². The molecule has 0 bridgehead atoms. The summed E-state index contributed by atoms with van der Waals surface area (Å²) in [5, 5.41) is 10.9. The molecule has 6 nitrogen and oxygen atoms in total. The van der Waals surface area contributed by atoms with Gasteiger partial charge < -0.3 is 14.5 Å². The maximum atomic E-state index is 12.2. The van der Waals surface area contributed by atoms with Gasteiger partial charge in [-0.3, -0.25) is 9.59 Å². The number of aromatic nitrogens is 2. The Hall–Kier alpha value is -1.93. The number of nitrogens with one attached hydrogen (secondary N) is 1. The standard InChI is InChI=1S/C13H9BrN2O4S/c14-8-2-1-7(20-8)6-5-21-13-11(6)12(19)15-9(16-13)3-4-10(17)18/h1-2,5H,3-4H2,(H,17,18)(H,15,16,19). The lowest BCUT2D eigenvalue weighted by Gasteiger charge is -1.99. The van der Waals surface area contributed by atoms with Crippen LogP contribution >= 0.6 is 27.3 Å². The Morgan fingerprint density at radius 2 is 2.29 bits per heavy atom. The molecule has 0 amide bonds. The molecular formula is C13H9BrN2O4S. The number of hydrogen-bond donors (Lipinski definition) is 2. The van der Waals surface area contributed by atoms with Gasteiger partial charge in [0.25, 0.3) is 5.56 Å². The average Bonchev–Trinajstić information content (AvgIpc) is 3.02. The zero-order chi connectivity index (χ0) is 15.0. The van der Waals surface area contributed by atoms with Crippen molar-refractivity contribution in [1.82, 2.24) is 9.97 Å². The first-order valence-electron chi connectivity index (χ1n) is 6.02. The highest BCUT2D eigenvalue weighted by Crippen LogP contribution is 2.32. The van der Waals surface area contributed by atoms with Crippen molar-refractivity contribution in [3.8, 4) is 11.3 Å². The molecule has 0 saturated heterocycles. The summed E-state index contributed by atoms with van der Waals surface area (Å²) in [5.74, 6) is 0.0349. The lowest BCUT2D eigenvalue weighted by molar-refractivity contribution is -0.137. The minimum atomic E-state index is -0.926. The van der Waals surface area contributed by atoms with Crippen molar-refractivity contribution in [1.29, 1.82) is 0 Å². The number of aromatic amines is 1. The number of hydrogen-bond acceptors (Lipinski definition) is 5. The third kappa shape index (κ3) is 2.77. The van der Waals surface area contributed by atoms with Gasteiger partial charge in [-0.15, -0.1) is 11.3 Å². The fourth-order valence-corrected chi connectivity index (χ4v) is 3.23. The summed E-state index contributed by atoms with van der Waals surface area (Å²) in [6.07, 6.45) is 0.123. The van der Waals surface area contributed by atoms with Crippen LogP contribution in [0, 0.1) is 0 Å². The average molecular weight is 369 g/mol. The number of thiophene rings is 1. The first-order valence-corrected chi connectivity index (χ1v) is 7.70. The lowest BCUT2D eigenvalue weighted by atomic mass is 10.2. The molecule has 8 heteroatoms. The second-order valence-electron chi connectivity index (χ2n) is 4.34. The Morgan fingerprint density at radius 1 is 1.48 bits per heavy atom. The summed E-state index contributed by atoms with van der Waals surface area (Å²) >= 11 is 4.55. The molecule has 3 aromatic heterocycles. The summed E-state index contributed by atoms with van der Waals surface area (Å²) in [6.45, 7) is 0. The largest absolute Gasteiger partial charge is 0.481 e. The maximum Gasteiger partial charge on any atom is 0.303 e. The van der Waals surface area contributed by atoms with Gasteiger partial charge in [-0.2, -0.15) is 0 Å². The van der Waals surface area contributed by atoms with Crippen molar-refractivity contribution in [3.63, 3.8) is 0 Å². The van der Waals surface area contributed by atoms with Gasteiger partial charge in [-0.1, -0.05) is 0 Å². The molecular weight excluding hydrogens is 360 g/mol. The minimum absolute atomic E-state index is 0.0716. The van der Waals surface area contributed by atoms with E-state index in [0.717, 1.165) is 0 Å². The van der Waals surface area contributed by atoms with Gasteiger partial charge in [0.05, 0.1) is 11.8 Å². The number of carbonyl (C=O) groups is 1. The summed E-state index contributed by atoms with van der Waals surface area (Å²) in [7, 11) is 0. The number of furan rings is 1. The highest BCUT2D eigenvalue weighted by molar-refractivity contribution is 9.10. The molecule has 21 heavy (non-hydrogen) atoms. The van der Waals surface area contributed by atoms with Gasteiger partial charge in [0.15, 0.2) is 4.67 Å². The highest BCUT2D eigenvalue weighted by atomic mass is 79.9. The molecule has 0 aliphatic rings. The van der Waals surface area contributed by atoms with Crippen molar-refractivity contribution in [2.75, 3.05) is 0 Å². The maximum absolute atomic E-state index is 12.2. The number of aliphatic carboxylic acids is 1. The van der Waals surface area contributed by atoms with E-state index in [1.807, 2.05) is 0 Å². The molecule has 0 saturated carbocycles. The third-order valence-electron chi connectivity index (χ3n) is 2.91. The van der Waals surface area contributed by atoms with Crippen LogP contribution in [0.5, 0.6) is 0 Å². The number of rotatable bonds is 4. The van der Waals surface area contributed by atoms with Crippen LogP contribution in [0.25, 0.3) is 21.5 Å². The molecule has 0 unspecified atom stereocenters. The molecule has 3 heterocycles. The van der Waals surface area contributed by atoms with Crippen molar-refractivity contribution in [3.05, 3.63) is 38.4 Å². The Kier molecular flexibility index (Phi) is 3.64. The number of carboxylic acids is 1. The minimum Gasteiger partial charge on any atom is -0.481 e. The van der Waals surface area contributed by atoms with Gasteiger partial charge in [-0.25, -0.2) is 4.98 Å². The van der Waals surface area contributed by atoms with Crippen LogP contribution < -0.4 is 5.56 Å². The predicted octanol–water partition coefficient (Wildman–Crippen LogP) is 3.02. The van der Waals surface area contributed by atoms with E-state index < -0.39 is 5.97 Å². The smallest absolute Gasteiger partial charge is 0.303 e. The first-order chi connectivity index (χ1) is 10.0. The van der Waals surface area contributed by atoms with Gasteiger partial charge in [0.1, 0.15) is 16.4 Å². The van der Waals surface area contributed by atoms with Crippen LogP contribution in [0.2, 0.25) is 0 Å². The molecule has 0 radical (unpaired) electrons. The van der Waals surface area contributed by atoms with Gasteiger partial charge >= 0.3 is 5.97 Å². The van der Waals surface area contributed by atoms with E-state index in [2.05, 4.69) is 25.9 Å². The van der Waals surface area contributed by atoms with E-state index in [-0.39, 0.29) is 18.4 Å². The zero-order valence-electron chi connectivity index (χ0n) is 10.6. The van der Waals surface area contributed by atoms with E-state index in [0.29, 0.717) is 32.0 Å². The van der Waals surface area contributed by atoms with Crippen LogP contribution in [0.1, 0.15) is 12.2 Å². The SMILES string of the molecule is O=C(O)CCc1nc2scc(-c3ccc(Br)o3)c2c(=O)[nH]1. The summed E-state index contributed by atoms with van der Waals surface area (Å²) in [4.78, 5) is 30.3. The molecule has 0 spiro atoms. The molecule has 2 N–H and O–H groups in total. The first kappa shape index (κ1) is 14.0. The number of fused-ring (bicyclic) bond motifs is 1. The van der Waals surface area contributed by atoms with Crippen molar-refractivity contribution in [2.45, 2.75) is 12.8 Å². The zero-order valence-corrected chi connectivity index (χ0v) is 13.0.